The fourth-order valence-electron chi connectivity index (χ4n) is 2.14. The molecule has 23 heavy (non-hydrogen) atoms. The highest BCUT2D eigenvalue weighted by Crippen LogP contribution is 2.22. The zero-order valence-corrected chi connectivity index (χ0v) is 13.5. The maximum absolute atomic E-state index is 12.7. The largest absolute Gasteiger partial charge is 0.269 e. The molecule has 0 aliphatic carbocycles. The highest BCUT2D eigenvalue weighted by atomic mass is 32.2. The molecule has 0 radical (unpaired) electrons. The van der Waals surface area contributed by atoms with Crippen molar-refractivity contribution in [3.63, 3.8) is 0 Å². The molecule has 0 saturated heterocycles. The molecule has 0 amide bonds. The molecule has 0 fully saturated rings. The van der Waals surface area contributed by atoms with Gasteiger partial charge in [-0.05, 0) is 43.3 Å². The first-order valence-electron chi connectivity index (χ1n) is 6.87. The van der Waals surface area contributed by atoms with E-state index in [-0.39, 0.29) is 4.90 Å². The fraction of sp³-hybridized carbons (Fsp3) is 0.133. The fourth-order valence-corrected chi connectivity index (χ4v) is 3.33. The van der Waals surface area contributed by atoms with E-state index in [1.807, 2.05) is 6.92 Å². The van der Waals surface area contributed by atoms with Crippen molar-refractivity contribution in [1.82, 2.24) is 20.0 Å². The lowest BCUT2D eigenvalue weighted by Crippen LogP contribution is -2.26. The molecule has 8 heteroatoms. The zero-order valence-electron chi connectivity index (χ0n) is 12.7. The Morgan fingerprint density at radius 2 is 1.83 bits per heavy atom. The van der Waals surface area contributed by atoms with Gasteiger partial charge < -0.3 is 0 Å². The van der Waals surface area contributed by atoms with Crippen molar-refractivity contribution in [2.75, 3.05) is 11.4 Å². The Balaban J connectivity index is 1.93. The lowest BCUT2D eigenvalue weighted by atomic mass is 10.3. The van der Waals surface area contributed by atoms with E-state index in [2.05, 4.69) is 15.3 Å². The van der Waals surface area contributed by atoms with Gasteiger partial charge in [0, 0.05) is 18.9 Å². The molecule has 0 bridgehead atoms. The number of anilines is 1. The summed E-state index contributed by atoms with van der Waals surface area (Å²) in [6, 6.07) is 9.86. The first-order chi connectivity index (χ1) is 11.0. The minimum atomic E-state index is -3.63. The number of pyridine rings is 1. The van der Waals surface area contributed by atoms with Gasteiger partial charge in [-0.2, -0.15) is 0 Å². The molecule has 0 N–H and O–H groups in total. The summed E-state index contributed by atoms with van der Waals surface area (Å²) < 4.78 is 28.2. The predicted octanol–water partition coefficient (Wildman–Crippen LogP) is 1.80. The third kappa shape index (κ3) is 2.93. The van der Waals surface area contributed by atoms with E-state index in [0.29, 0.717) is 5.69 Å². The van der Waals surface area contributed by atoms with E-state index in [4.69, 9.17) is 0 Å². The summed E-state index contributed by atoms with van der Waals surface area (Å²) in [5, 5.41) is 7.60. The normalized spacial score (nSPS) is 11.4. The van der Waals surface area contributed by atoms with Gasteiger partial charge in [0.05, 0.1) is 28.7 Å². The Bertz CT molecular complexity index is 905. The SMILES string of the molecule is Cc1cc(N(C)S(=O)(=O)c2ccc(-n3ccnn3)cc2)ccn1. The Kier molecular flexibility index (Phi) is 3.83. The third-order valence-electron chi connectivity index (χ3n) is 3.43. The van der Waals surface area contributed by atoms with Gasteiger partial charge in [0.2, 0.25) is 0 Å². The molecule has 0 aliphatic heterocycles. The molecule has 2 heterocycles. The summed E-state index contributed by atoms with van der Waals surface area (Å²) in [4.78, 5) is 4.29. The molecule has 3 rings (SSSR count). The van der Waals surface area contributed by atoms with Crippen LogP contribution in [0.1, 0.15) is 5.69 Å². The molecule has 0 spiro atoms. The van der Waals surface area contributed by atoms with Crippen LogP contribution in [-0.4, -0.2) is 35.4 Å². The van der Waals surface area contributed by atoms with Crippen molar-refractivity contribution in [1.29, 1.82) is 0 Å². The molecule has 1 aromatic carbocycles. The lowest BCUT2D eigenvalue weighted by molar-refractivity contribution is 0.594. The van der Waals surface area contributed by atoms with E-state index < -0.39 is 10.0 Å². The van der Waals surface area contributed by atoms with Crippen LogP contribution in [0.3, 0.4) is 0 Å². The van der Waals surface area contributed by atoms with Gasteiger partial charge in [-0.1, -0.05) is 5.21 Å². The average molecular weight is 329 g/mol. The van der Waals surface area contributed by atoms with Gasteiger partial charge in [-0.3, -0.25) is 9.29 Å². The van der Waals surface area contributed by atoms with Crippen molar-refractivity contribution in [3.05, 3.63) is 60.7 Å². The van der Waals surface area contributed by atoms with Gasteiger partial charge >= 0.3 is 0 Å². The van der Waals surface area contributed by atoms with Crippen LogP contribution in [0.4, 0.5) is 5.69 Å². The number of aryl methyl sites for hydroxylation is 1. The second kappa shape index (κ2) is 5.81. The van der Waals surface area contributed by atoms with Gasteiger partial charge in [0.1, 0.15) is 0 Å². The summed E-state index contributed by atoms with van der Waals surface area (Å²) in [6.45, 7) is 1.82. The minimum absolute atomic E-state index is 0.207. The van der Waals surface area contributed by atoms with Crippen LogP contribution < -0.4 is 4.31 Å². The van der Waals surface area contributed by atoms with Gasteiger partial charge in [-0.15, -0.1) is 5.10 Å². The minimum Gasteiger partial charge on any atom is -0.269 e. The standard InChI is InChI=1S/C15H15N5O2S/c1-12-11-14(7-8-16-12)19(2)23(21,22)15-5-3-13(4-6-15)20-10-9-17-18-20/h3-11H,1-2H3. The molecular weight excluding hydrogens is 314 g/mol. The Labute approximate surface area is 134 Å². The second-order valence-electron chi connectivity index (χ2n) is 4.97. The molecule has 2 aromatic heterocycles. The average Bonchev–Trinajstić information content (AvgIpc) is 3.08. The Morgan fingerprint density at radius 1 is 1.09 bits per heavy atom. The number of aromatic nitrogens is 4. The quantitative estimate of drug-likeness (QED) is 0.729. The van der Waals surface area contributed by atoms with Crippen LogP contribution in [0.15, 0.2) is 59.9 Å². The maximum Gasteiger partial charge on any atom is 0.264 e. The molecular formula is C15H15N5O2S. The molecule has 7 nitrogen and oxygen atoms in total. The molecule has 0 unspecified atom stereocenters. The van der Waals surface area contributed by atoms with E-state index in [9.17, 15) is 8.42 Å². The first kappa shape index (κ1) is 15.2. The highest BCUT2D eigenvalue weighted by molar-refractivity contribution is 7.92. The van der Waals surface area contributed by atoms with E-state index in [0.717, 1.165) is 11.4 Å². The lowest BCUT2D eigenvalue weighted by Gasteiger charge is -2.19. The molecule has 0 saturated carbocycles. The van der Waals surface area contributed by atoms with E-state index in [1.165, 1.54) is 11.4 Å². The molecule has 118 valence electrons. The number of hydrogen-bond donors (Lipinski definition) is 0. The van der Waals surface area contributed by atoms with Crippen molar-refractivity contribution in [2.45, 2.75) is 11.8 Å². The van der Waals surface area contributed by atoms with Crippen molar-refractivity contribution in [2.24, 2.45) is 0 Å². The van der Waals surface area contributed by atoms with E-state index >= 15 is 0 Å². The van der Waals surface area contributed by atoms with Crippen LogP contribution in [0.2, 0.25) is 0 Å². The van der Waals surface area contributed by atoms with Crippen molar-refractivity contribution in [3.8, 4) is 5.69 Å². The van der Waals surface area contributed by atoms with Crippen LogP contribution in [0, 0.1) is 6.92 Å². The van der Waals surface area contributed by atoms with Crippen LogP contribution >= 0.6 is 0 Å². The van der Waals surface area contributed by atoms with Crippen LogP contribution in [0.25, 0.3) is 5.69 Å². The van der Waals surface area contributed by atoms with Crippen LogP contribution in [0.5, 0.6) is 0 Å². The summed E-state index contributed by atoms with van der Waals surface area (Å²) in [5.74, 6) is 0. The predicted molar refractivity (Wildman–Crippen MR) is 85.9 cm³/mol. The van der Waals surface area contributed by atoms with Gasteiger partial charge in [-0.25, -0.2) is 13.1 Å². The Hall–Kier alpha value is -2.74. The smallest absolute Gasteiger partial charge is 0.264 e. The number of benzene rings is 1. The van der Waals surface area contributed by atoms with Gasteiger partial charge in [0.15, 0.2) is 0 Å². The Morgan fingerprint density at radius 3 is 2.43 bits per heavy atom. The van der Waals surface area contributed by atoms with Crippen LogP contribution in [-0.2, 0) is 10.0 Å². The maximum atomic E-state index is 12.7. The van der Waals surface area contributed by atoms with E-state index in [1.54, 1.807) is 59.7 Å². The second-order valence-corrected chi connectivity index (χ2v) is 6.94. The summed E-state index contributed by atoms with van der Waals surface area (Å²) in [7, 11) is -2.11. The summed E-state index contributed by atoms with van der Waals surface area (Å²) in [5.41, 5.74) is 2.06. The highest BCUT2D eigenvalue weighted by Gasteiger charge is 2.21. The molecule has 0 atom stereocenters. The molecule has 3 aromatic rings. The number of sulfonamides is 1. The first-order valence-corrected chi connectivity index (χ1v) is 8.31. The number of hydrogen-bond acceptors (Lipinski definition) is 5. The van der Waals surface area contributed by atoms with Crippen molar-refractivity contribution >= 4 is 15.7 Å². The zero-order chi connectivity index (χ0) is 16.4. The summed E-state index contributed by atoms with van der Waals surface area (Å²) >= 11 is 0. The monoisotopic (exact) mass is 329 g/mol. The number of nitrogens with zero attached hydrogens (tertiary/aromatic N) is 5. The summed E-state index contributed by atoms with van der Waals surface area (Å²) in [6.07, 6.45) is 4.84. The number of rotatable bonds is 4. The third-order valence-corrected chi connectivity index (χ3v) is 5.23. The van der Waals surface area contributed by atoms with Crippen molar-refractivity contribution < 1.29 is 8.42 Å². The molecule has 0 aliphatic rings. The topological polar surface area (TPSA) is 81.0 Å². The van der Waals surface area contributed by atoms with Gasteiger partial charge in [0.25, 0.3) is 10.0 Å².